The summed E-state index contributed by atoms with van der Waals surface area (Å²) in [6.45, 7) is 2.95. The van der Waals surface area contributed by atoms with Crippen LogP contribution in [0, 0.1) is 0 Å². The van der Waals surface area contributed by atoms with Gasteiger partial charge in [-0.2, -0.15) is 0 Å². The van der Waals surface area contributed by atoms with Crippen LogP contribution >= 0.6 is 7.82 Å². The lowest BCUT2D eigenvalue weighted by atomic mass is 10.1. The summed E-state index contributed by atoms with van der Waals surface area (Å²) < 4.78 is 32.3. The summed E-state index contributed by atoms with van der Waals surface area (Å²) in [5, 5.41) is 8.56. The molecule has 2 N–H and O–H groups in total. The fourth-order valence-electron chi connectivity index (χ4n) is 2.88. The maximum absolute atomic E-state index is 12.1. The quantitative estimate of drug-likeness (QED) is 0.111. The summed E-state index contributed by atoms with van der Waals surface area (Å²) in [6.07, 6.45) is 4.72. The van der Waals surface area contributed by atoms with Crippen molar-refractivity contribution in [1.82, 2.24) is 0 Å². The zero-order valence-corrected chi connectivity index (χ0v) is 21.8. The number of rotatable bonds is 23. The zero-order valence-electron chi connectivity index (χ0n) is 20.9. The molecule has 0 aliphatic heterocycles. The minimum absolute atomic E-state index is 0.0750. The van der Waals surface area contributed by atoms with Crippen molar-refractivity contribution in [2.24, 2.45) is 0 Å². The predicted molar refractivity (Wildman–Crippen MR) is 127 cm³/mol. The normalized spacial score (nSPS) is 13.6. The maximum atomic E-state index is 12.1. The number of carbonyl (C=O) groups excluding carboxylic acids is 3. The van der Waals surface area contributed by atoms with E-state index in [-0.39, 0.29) is 63.9 Å². The molecule has 0 spiro atoms. The lowest BCUT2D eigenvalue weighted by molar-refractivity contribution is -0.161. The van der Waals surface area contributed by atoms with Crippen molar-refractivity contribution in [1.29, 1.82) is 0 Å². The van der Waals surface area contributed by atoms with Gasteiger partial charge >= 0.3 is 25.7 Å². The van der Waals surface area contributed by atoms with E-state index in [9.17, 15) is 28.6 Å². The molecule has 0 aromatic carbocycles. The molecule has 0 fully saturated rings. The number of ether oxygens (including phenoxy) is 2. The number of Topliss-reactive ketones (excluding diaryl/α,β-unsaturated/α-hetero) is 1. The Morgan fingerprint density at radius 1 is 0.743 bits per heavy atom. The summed E-state index contributed by atoms with van der Waals surface area (Å²) in [7, 11) is -4.50. The molecule has 0 aliphatic carbocycles. The number of aliphatic carboxylic acids is 1. The van der Waals surface area contributed by atoms with E-state index in [2.05, 4.69) is 0 Å². The fraction of sp³-hybridized carbons (Fsp3) is 0.826. The summed E-state index contributed by atoms with van der Waals surface area (Å²) in [4.78, 5) is 55.9. The Bertz CT molecular complexity index is 680. The van der Waals surface area contributed by atoms with E-state index < -0.39 is 38.4 Å². The summed E-state index contributed by atoms with van der Waals surface area (Å²) in [6, 6.07) is 0. The van der Waals surface area contributed by atoms with Gasteiger partial charge in [-0.25, -0.2) is 4.57 Å². The van der Waals surface area contributed by atoms with E-state index in [1.807, 2.05) is 13.8 Å². The lowest BCUT2D eigenvalue weighted by Gasteiger charge is -2.20. The molecule has 204 valence electrons. The van der Waals surface area contributed by atoms with E-state index in [1.165, 1.54) is 0 Å². The SMILES string of the molecule is CCCCCC(=O)OCC(COP(=O)(O)OCCCC(=O)CCCC(=O)O)OC(=O)CCCCC. The Balaban J connectivity index is 4.52. The van der Waals surface area contributed by atoms with Crippen LogP contribution in [0.5, 0.6) is 0 Å². The van der Waals surface area contributed by atoms with Crippen LogP contribution in [0.15, 0.2) is 0 Å². The highest BCUT2D eigenvalue weighted by molar-refractivity contribution is 7.47. The van der Waals surface area contributed by atoms with E-state index in [0.717, 1.165) is 25.7 Å². The second-order valence-corrected chi connectivity index (χ2v) is 9.65. The van der Waals surface area contributed by atoms with E-state index in [1.54, 1.807) is 0 Å². The van der Waals surface area contributed by atoms with Gasteiger partial charge in [-0.05, 0) is 25.7 Å². The van der Waals surface area contributed by atoms with Crippen LogP contribution in [0.4, 0.5) is 0 Å². The Morgan fingerprint density at radius 3 is 1.94 bits per heavy atom. The third-order valence-corrected chi connectivity index (χ3v) is 5.81. The molecule has 0 aromatic rings. The number of phosphoric acid groups is 1. The van der Waals surface area contributed by atoms with Crippen LogP contribution < -0.4 is 0 Å². The van der Waals surface area contributed by atoms with Crippen molar-refractivity contribution in [2.45, 2.75) is 103 Å². The second kappa shape index (κ2) is 20.4. The number of hydrogen-bond donors (Lipinski definition) is 2. The zero-order chi connectivity index (χ0) is 26.5. The molecule has 0 saturated heterocycles. The second-order valence-electron chi connectivity index (χ2n) is 8.20. The van der Waals surface area contributed by atoms with Crippen LogP contribution in [0.25, 0.3) is 0 Å². The average molecular weight is 525 g/mol. The van der Waals surface area contributed by atoms with Crippen LogP contribution in [-0.2, 0) is 42.3 Å². The van der Waals surface area contributed by atoms with Crippen LogP contribution in [0.1, 0.15) is 97.3 Å². The molecule has 0 rings (SSSR count). The topological polar surface area (TPSA) is 163 Å². The molecule has 0 bridgehead atoms. The van der Waals surface area contributed by atoms with Gasteiger partial charge < -0.3 is 19.5 Å². The van der Waals surface area contributed by atoms with Crippen molar-refractivity contribution >= 4 is 31.5 Å². The maximum Gasteiger partial charge on any atom is 0.472 e. The first-order chi connectivity index (χ1) is 16.6. The highest BCUT2D eigenvalue weighted by Gasteiger charge is 2.26. The number of unbranched alkanes of at least 4 members (excludes halogenated alkanes) is 4. The summed E-state index contributed by atoms with van der Waals surface area (Å²) in [5.41, 5.74) is 0. The van der Waals surface area contributed by atoms with Crippen molar-refractivity contribution in [2.75, 3.05) is 19.8 Å². The van der Waals surface area contributed by atoms with Crippen LogP contribution in [0.3, 0.4) is 0 Å². The smallest absolute Gasteiger partial charge is 0.472 e. The molecule has 0 aromatic heterocycles. The Kier molecular flexibility index (Phi) is 19.3. The van der Waals surface area contributed by atoms with Gasteiger partial charge in [-0.3, -0.25) is 28.2 Å². The number of esters is 2. The highest BCUT2D eigenvalue weighted by atomic mass is 31.2. The minimum atomic E-state index is -4.50. The van der Waals surface area contributed by atoms with E-state index >= 15 is 0 Å². The molecule has 2 atom stereocenters. The molecule has 0 saturated carbocycles. The van der Waals surface area contributed by atoms with Crippen LogP contribution in [0.2, 0.25) is 0 Å². The predicted octanol–water partition coefficient (Wildman–Crippen LogP) is 4.34. The molecule has 0 aliphatic rings. The van der Waals surface area contributed by atoms with E-state index in [4.69, 9.17) is 23.6 Å². The molecule has 35 heavy (non-hydrogen) atoms. The van der Waals surface area contributed by atoms with Gasteiger partial charge in [0, 0.05) is 32.1 Å². The number of carboxylic acids is 1. The molecule has 0 heterocycles. The highest BCUT2D eigenvalue weighted by Crippen LogP contribution is 2.43. The van der Waals surface area contributed by atoms with Crippen LogP contribution in [-0.4, -0.2) is 59.6 Å². The van der Waals surface area contributed by atoms with Gasteiger partial charge in [-0.15, -0.1) is 0 Å². The Hall–Kier alpha value is -1.81. The summed E-state index contributed by atoms with van der Waals surface area (Å²) >= 11 is 0. The molecular weight excluding hydrogens is 483 g/mol. The van der Waals surface area contributed by atoms with Gasteiger partial charge in [0.05, 0.1) is 13.2 Å². The van der Waals surface area contributed by atoms with Gasteiger partial charge in [0.15, 0.2) is 6.10 Å². The molecule has 11 nitrogen and oxygen atoms in total. The van der Waals surface area contributed by atoms with E-state index in [0.29, 0.717) is 12.8 Å². The molecule has 12 heteroatoms. The van der Waals surface area contributed by atoms with Gasteiger partial charge in [0.1, 0.15) is 12.4 Å². The number of carbonyl (C=O) groups is 4. The van der Waals surface area contributed by atoms with Crippen molar-refractivity contribution in [3.05, 3.63) is 0 Å². The molecular formula is C23H41O11P. The number of phosphoric ester groups is 1. The average Bonchev–Trinajstić information content (AvgIpc) is 2.78. The number of ketones is 1. The molecule has 0 amide bonds. The minimum Gasteiger partial charge on any atom is -0.481 e. The Labute approximate surface area is 207 Å². The first-order valence-corrected chi connectivity index (χ1v) is 13.8. The largest absolute Gasteiger partial charge is 0.481 e. The first kappa shape index (κ1) is 33.2. The molecule has 2 unspecified atom stereocenters. The van der Waals surface area contributed by atoms with Crippen molar-refractivity contribution < 1.29 is 52.3 Å². The lowest BCUT2D eigenvalue weighted by Crippen LogP contribution is -2.29. The van der Waals surface area contributed by atoms with Gasteiger partial charge in [0.25, 0.3) is 0 Å². The van der Waals surface area contributed by atoms with Gasteiger partial charge in [-0.1, -0.05) is 39.5 Å². The number of hydrogen-bond acceptors (Lipinski definition) is 9. The third-order valence-electron chi connectivity index (χ3n) is 4.82. The van der Waals surface area contributed by atoms with Crippen molar-refractivity contribution in [3.8, 4) is 0 Å². The monoisotopic (exact) mass is 524 g/mol. The standard InChI is InChI=1S/C23H41O11P/c1-3-5-7-14-22(27)31-17-20(34-23(28)15-8-6-4-2)18-33-35(29,30)32-16-10-12-19(24)11-9-13-21(25)26/h20H,3-18H2,1-2H3,(H,25,26)(H,29,30). The van der Waals surface area contributed by atoms with Crippen molar-refractivity contribution in [3.63, 3.8) is 0 Å². The molecule has 0 radical (unpaired) electrons. The summed E-state index contributed by atoms with van der Waals surface area (Å²) in [5.74, 6) is -2.12. The fourth-order valence-corrected chi connectivity index (χ4v) is 3.67. The third kappa shape index (κ3) is 21.2. The number of carboxylic acid groups (broad SMARTS) is 1. The van der Waals surface area contributed by atoms with Gasteiger partial charge in [0.2, 0.25) is 0 Å². The Morgan fingerprint density at radius 2 is 1.34 bits per heavy atom. The first-order valence-electron chi connectivity index (χ1n) is 12.3.